The topological polar surface area (TPSA) is 83.2 Å². The molecule has 0 bridgehead atoms. The van der Waals surface area contributed by atoms with Crippen LogP contribution in [0.5, 0.6) is 0 Å². The van der Waals surface area contributed by atoms with Crippen molar-refractivity contribution in [1.82, 2.24) is 9.21 Å². The number of alkyl halides is 3. The molecular weight excluding hydrogens is 425 g/mol. The quantitative estimate of drug-likeness (QED) is 0.667. The van der Waals surface area contributed by atoms with Gasteiger partial charge in [0.05, 0.1) is 29.4 Å². The Labute approximate surface area is 172 Å². The number of nitrogens with zero attached hydrogens (tertiary/aromatic N) is 2. The monoisotopic (exact) mass is 448 g/mol. The van der Waals surface area contributed by atoms with Crippen LogP contribution in [0.15, 0.2) is 52.0 Å². The van der Waals surface area contributed by atoms with Gasteiger partial charge in [-0.1, -0.05) is 6.07 Å². The van der Waals surface area contributed by atoms with Crippen molar-refractivity contribution >= 4 is 10.0 Å². The Morgan fingerprint density at radius 2 is 1.87 bits per heavy atom. The molecular formula is C19H23F3N2O5S. The van der Waals surface area contributed by atoms with Gasteiger partial charge in [0.15, 0.2) is 0 Å². The van der Waals surface area contributed by atoms with E-state index in [9.17, 15) is 26.7 Å². The summed E-state index contributed by atoms with van der Waals surface area (Å²) in [5, 5.41) is 10.1. The van der Waals surface area contributed by atoms with Crippen LogP contribution in [0.2, 0.25) is 0 Å². The van der Waals surface area contributed by atoms with Crippen molar-refractivity contribution in [3.63, 3.8) is 0 Å². The van der Waals surface area contributed by atoms with E-state index in [4.69, 9.17) is 9.15 Å². The summed E-state index contributed by atoms with van der Waals surface area (Å²) in [6, 6.07) is 7.24. The lowest BCUT2D eigenvalue weighted by molar-refractivity contribution is -0.137. The Hall–Kier alpha value is -1.92. The van der Waals surface area contributed by atoms with E-state index in [1.54, 1.807) is 12.1 Å². The molecule has 1 saturated heterocycles. The molecule has 0 amide bonds. The number of halogens is 3. The second-order valence-corrected chi connectivity index (χ2v) is 8.92. The van der Waals surface area contributed by atoms with Gasteiger partial charge in [-0.2, -0.15) is 17.5 Å². The van der Waals surface area contributed by atoms with Crippen LogP contribution in [-0.4, -0.2) is 68.2 Å². The highest BCUT2D eigenvalue weighted by atomic mass is 32.2. The third-order valence-corrected chi connectivity index (χ3v) is 6.63. The van der Waals surface area contributed by atoms with E-state index < -0.39 is 27.9 Å². The van der Waals surface area contributed by atoms with E-state index in [-0.39, 0.29) is 31.2 Å². The van der Waals surface area contributed by atoms with Crippen molar-refractivity contribution in [2.24, 2.45) is 0 Å². The second kappa shape index (κ2) is 9.48. The molecule has 1 N–H and O–H groups in total. The number of aliphatic hydroxyl groups excluding tert-OH is 1. The molecule has 166 valence electrons. The molecule has 0 aliphatic carbocycles. The molecule has 1 aliphatic rings. The highest BCUT2D eigenvalue weighted by Crippen LogP contribution is 2.31. The minimum atomic E-state index is -4.61. The predicted octanol–water partition coefficient (Wildman–Crippen LogP) is 2.18. The van der Waals surface area contributed by atoms with Crippen LogP contribution in [0.4, 0.5) is 13.2 Å². The summed E-state index contributed by atoms with van der Waals surface area (Å²) in [4.78, 5) is 1.51. The standard InChI is InChI=1S/C19H23F3N2O5S/c20-19(21,22)15-3-1-5-18(11-15)30(26,27)24-8-6-23(7-9-24)12-16(25)13-28-14-17-4-2-10-29-17/h1-5,10-11,16,25H,6-9,12-14H2. The number of ether oxygens (including phenoxy) is 1. The van der Waals surface area contributed by atoms with Gasteiger partial charge in [0.1, 0.15) is 12.4 Å². The fourth-order valence-electron chi connectivity index (χ4n) is 3.18. The summed E-state index contributed by atoms with van der Waals surface area (Å²) in [5.74, 6) is 0.649. The normalized spacial score (nSPS) is 17.9. The fraction of sp³-hybridized carbons (Fsp3) is 0.474. The smallest absolute Gasteiger partial charge is 0.416 e. The molecule has 11 heteroatoms. The van der Waals surface area contributed by atoms with Gasteiger partial charge >= 0.3 is 6.18 Å². The number of aliphatic hydroxyl groups is 1. The molecule has 2 aromatic rings. The van der Waals surface area contributed by atoms with E-state index in [0.717, 1.165) is 18.2 Å². The minimum Gasteiger partial charge on any atom is -0.467 e. The number of hydrogen-bond donors (Lipinski definition) is 1. The van der Waals surface area contributed by atoms with Gasteiger partial charge in [-0.15, -0.1) is 0 Å². The zero-order valence-electron chi connectivity index (χ0n) is 16.1. The molecule has 2 heterocycles. The first kappa shape index (κ1) is 22.8. The highest BCUT2D eigenvalue weighted by Gasteiger charge is 2.34. The lowest BCUT2D eigenvalue weighted by atomic mass is 10.2. The van der Waals surface area contributed by atoms with Gasteiger partial charge < -0.3 is 14.3 Å². The van der Waals surface area contributed by atoms with Crippen LogP contribution in [-0.2, 0) is 27.5 Å². The summed E-state index contributed by atoms with van der Waals surface area (Å²) in [6.45, 7) is 1.60. The van der Waals surface area contributed by atoms with E-state index in [1.165, 1.54) is 10.6 Å². The molecule has 1 aromatic carbocycles. The molecule has 1 aliphatic heterocycles. The average Bonchev–Trinajstić information content (AvgIpc) is 3.21. The Morgan fingerprint density at radius 3 is 2.50 bits per heavy atom. The zero-order chi connectivity index (χ0) is 21.8. The molecule has 30 heavy (non-hydrogen) atoms. The van der Waals surface area contributed by atoms with Crippen molar-refractivity contribution in [3.8, 4) is 0 Å². The summed E-state index contributed by atoms with van der Waals surface area (Å²) < 4.78 is 75.8. The maximum atomic E-state index is 12.9. The SMILES string of the molecule is O=S(=O)(c1cccc(C(F)(F)F)c1)N1CCN(CC(O)COCc2ccco2)CC1. The molecule has 1 fully saturated rings. The van der Waals surface area contributed by atoms with Crippen LogP contribution in [0, 0.1) is 0 Å². The summed E-state index contributed by atoms with van der Waals surface area (Å²) >= 11 is 0. The number of sulfonamides is 1. The summed E-state index contributed by atoms with van der Waals surface area (Å²) in [7, 11) is -4.03. The number of furan rings is 1. The van der Waals surface area contributed by atoms with Crippen molar-refractivity contribution < 1.29 is 35.8 Å². The third kappa shape index (κ3) is 5.82. The zero-order valence-corrected chi connectivity index (χ0v) is 16.9. The summed E-state index contributed by atoms with van der Waals surface area (Å²) in [5.41, 5.74) is -1.00. The number of piperazine rings is 1. The number of hydrogen-bond acceptors (Lipinski definition) is 6. The van der Waals surface area contributed by atoms with Crippen molar-refractivity contribution in [2.75, 3.05) is 39.3 Å². The molecule has 0 saturated carbocycles. The highest BCUT2D eigenvalue weighted by molar-refractivity contribution is 7.89. The lowest BCUT2D eigenvalue weighted by Crippen LogP contribution is -2.50. The maximum Gasteiger partial charge on any atom is 0.416 e. The van der Waals surface area contributed by atoms with Gasteiger partial charge in [-0.25, -0.2) is 8.42 Å². The molecule has 0 spiro atoms. The molecule has 1 aromatic heterocycles. The Kier molecular flexibility index (Phi) is 7.19. The van der Waals surface area contributed by atoms with Gasteiger partial charge in [-0.3, -0.25) is 4.90 Å². The average molecular weight is 448 g/mol. The summed E-state index contributed by atoms with van der Waals surface area (Å²) in [6.07, 6.45) is -3.84. The van der Waals surface area contributed by atoms with Crippen LogP contribution < -0.4 is 0 Å². The van der Waals surface area contributed by atoms with Crippen LogP contribution in [0.3, 0.4) is 0 Å². The van der Waals surface area contributed by atoms with Crippen molar-refractivity contribution in [1.29, 1.82) is 0 Å². The third-order valence-electron chi connectivity index (χ3n) is 4.73. The predicted molar refractivity (Wildman–Crippen MR) is 101 cm³/mol. The molecule has 0 radical (unpaired) electrons. The number of β-amino-alcohol motifs (C(OH)–C–C–N with tert-alkyl or cyclic N) is 1. The van der Waals surface area contributed by atoms with Gasteiger partial charge in [-0.05, 0) is 30.3 Å². The van der Waals surface area contributed by atoms with E-state index in [2.05, 4.69) is 0 Å². The largest absolute Gasteiger partial charge is 0.467 e. The van der Waals surface area contributed by atoms with Crippen LogP contribution in [0.1, 0.15) is 11.3 Å². The first-order valence-electron chi connectivity index (χ1n) is 9.34. The Morgan fingerprint density at radius 1 is 1.13 bits per heavy atom. The van der Waals surface area contributed by atoms with Crippen molar-refractivity contribution in [3.05, 3.63) is 54.0 Å². The van der Waals surface area contributed by atoms with E-state index in [0.29, 0.717) is 31.5 Å². The molecule has 3 rings (SSSR count). The van der Waals surface area contributed by atoms with Gasteiger partial charge in [0.2, 0.25) is 10.0 Å². The maximum absolute atomic E-state index is 12.9. The Balaban J connectivity index is 1.49. The van der Waals surface area contributed by atoms with Crippen molar-refractivity contribution in [2.45, 2.75) is 23.8 Å². The van der Waals surface area contributed by atoms with Gasteiger partial charge in [0.25, 0.3) is 0 Å². The number of rotatable bonds is 8. The Bertz CT molecular complexity index is 911. The minimum absolute atomic E-state index is 0.101. The molecule has 1 unspecified atom stereocenters. The first-order valence-corrected chi connectivity index (χ1v) is 10.8. The first-order chi connectivity index (χ1) is 14.2. The molecule has 7 nitrogen and oxygen atoms in total. The van der Waals surface area contributed by atoms with E-state index in [1.807, 2.05) is 4.90 Å². The van der Waals surface area contributed by atoms with E-state index >= 15 is 0 Å². The van der Waals surface area contributed by atoms with Crippen LogP contribution >= 0.6 is 0 Å². The van der Waals surface area contributed by atoms with Gasteiger partial charge in [0, 0.05) is 32.7 Å². The molecule has 1 atom stereocenters. The second-order valence-electron chi connectivity index (χ2n) is 6.98. The number of benzene rings is 1. The lowest BCUT2D eigenvalue weighted by Gasteiger charge is -2.34. The fourth-order valence-corrected chi connectivity index (χ4v) is 4.64. The van der Waals surface area contributed by atoms with Crippen LogP contribution in [0.25, 0.3) is 0 Å².